The number of aromatic nitrogens is 3. The van der Waals surface area contributed by atoms with Gasteiger partial charge < -0.3 is 9.84 Å². The Bertz CT molecular complexity index is 724. The zero-order valence-electron chi connectivity index (χ0n) is 14.3. The second kappa shape index (κ2) is 6.72. The SMILES string of the molecule is COc1c(F)cccc1CN1C[C@H]2C[C@@H](n3cncn3)[C@H](O)C[C@H]2C1. The smallest absolute Gasteiger partial charge is 0.165 e. The fraction of sp³-hybridized carbons (Fsp3) is 0.556. The molecule has 1 N–H and O–H groups in total. The van der Waals surface area contributed by atoms with Gasteiger partial charge in [0.1, 0.15) is 12.7 Å². The van der Waals surface area contributed by atoms with Crippen LogP contribution in [-0.2, 0) is 6.54 Å². The topological polar surface area (TPSA) is 63.4 Å². The van der Waals surface area contributed by atoms with E-state index in [1.165, 1.54) is 19.5 Å². The molecular formula is C18H23FN4O2. The number of hydrogen-bond donors (Lipinski definition) is 1. The van der Waals surface area contributed by atoms with E-state index in [-0.39, 0.29) is 11.9 Å². The molecular weight excluding hydrogens is 323 g/mol. The molecule has 0 bridgehead atoms. The maximum absolute atomic E-state index is 13.9. The Labute approximate surface area is 146 Å². The minimum atomic E-state index is -0.397. The molecule has 2 aliphatic rings. The molecule has 0 spiro atoms. The molecule has 0 unspecified atom stereocenters. The number of aliphatic hydroxyl groups is 1. The molecule has 25 heavy (non-hydrogen) atoms. The van der Waals surface area contributed by atoms with Crippen molar-refractivity contribution in [2.45, 2.75) is 31.5 Å². The van der Waals surface area contributed by atoms with Crippen LogP contribution in [0.1, 0.15) is 24.4 Å². The summed E-state index contributed by atoms with van der Waals surface area (Å²) in [6.07, 6.45) is 4.46. The van der Waals surface area contributed by atoms with Gasteiger partial charge in [-0.15, -0.1) is 0 Å². The average molecular weight is 346 g/mol. The molecule has 1 aromatic carbocycles. The Morgan fingerprint density at radius 1 is 1.28 bits per heavy atom. The minimum absolute atomic E-state index is 0.00703. The highest BCUT2D eigenvalue weighted by atomic mass is 19.1. The number of rotatable bonds is 4. The molecule has 134 valence electrons. The van der Waals surface area contributed by atoms with E-state index in [4.69, 9.17) is 4.74 Å². The van der Waals surface area contributed by atoms with Gasteiger partial charge in [-0.3, -0.25) is 4.90 Å². The summed E-state index contributed by atoms with van der Waals surface area (Å²) in [4.78, 5) is 6.33. The fourth-order valence-electron chi connectivity index (χ4n) is 4.45. The minimum Gasteiger partial charge on any atom is -0.493 e. The maximum atomic E-state index is 13.9. The number of fused-ring (bicyclic) bond motifs is 1. The summed E-state index contributed by atoms with van der Waals surface area (Å²) in [7, 11) is 1.50. The Hall–Kier alpha value is -1.99. The van der Waals surface area contributed by atoms with E-state index < -0.39 is 6.10 Å². The molecule has 4 atom stereocenters. The van der Waals surface area contributed by atoms with Crippen molar-refractivity contribution >= 4 is 0 Å². The Balaban J connectivity index is 1.46. The number of hydrogen-bond acceptors (Lipinski definition) is 5. The number of benzene rings is 1. The lowest BCUT2D eigenvalue weighted by molar-refractivity contribution is 0.0304. The van der Waals surface area contributed by atoms with Crippen LogP contribution in [0.3, 0.4) is 0 Å². The molecule has 0 radical (unpaired) electrons. The molecule has 2 fully saturated rings. The van der Waals surface area contributed by atoms with E-state index in [1.807, 2.05) is 6.07 Å². The summed E-state index contributed by atoms with van der Waals surface area (Å²) in [6.45, 7) is 2.53. The van der Waals surface area contributed by atoms with E-state index in [2.05, 4.69) is 15.0 Å². The van der Waals surface area contributed by atoms with Gasteiger partial charge in [0, 0.05) is 25.2 Å². The molecule has 2 aromatic rings. The van der Waals surface area contributed by atoms with Crippen LogP contribution < -0.4 is 4.74 Å². The molecule has 1 saturated carbocycles. The quantitative estimate of drug-likeness (QED) is 0.916. The van der Waals surface area contributed by atoms with E-state index in [0.29, 0.717) is 24.1 Å². The number of halogens is 1. The molecule has 1 aromatic heterocycles. The summed E-state index contributed by atoms with van der Waals surface area (Å²) in [5.41, 5.74) is 0.870. The summed E-state index contributed by atoms with van der Waals surface area (Å²) < 4.78 is 20.9. The highest BCUT2D eigenvalue weighted by molar-refractivity contribution is 5.34. The Morgan fingerprint density at radius 2 is 2.08 bits per heavy atom. The van der Waals surface area contributed by atoms with Crippen molar-refractivity contribution in [3.05, 3.63) is 42.2 Å². The normalized spacial score (nSPS) is 29.6. The zero-order chi connectivity index (χ0) is 17.4. The van der Waals surface area contributed by atoms with Crippen LogP contribution in [0.5, 0.6) is 5.75 Å². The third-order valence-electron chi connectivity index (χ3n) is 5.61. The van der Waals surface area contributed by atoms with Crippen molar-refractivity contribution in [3.8, 4) is 5.75 Å². The molecule has 1 saturated heterocycles. The van der Waals surface area contributed by atoms with Crippen molar-refractivity contribution in [1.29, 1.82) is 0 Å². The lowest BCUT2D eigenvalue weighted by atomic mass is 9.77. The van der Waals surface area contributed by atoms with Gasteiger partial charge in [0.2, 0.25) is 0 Å². The van der Waals surface area contributed by atoms with Crippen molar-refractivity contribution < 1.29 is 14.2 Å². The molecule has 0 amide bonds. The van der Waals surface area contributed by atoms with E-state index >= 15 is 0 Å². The van der Waals surface area contributed by atoms with E-state index in [0.717, 1.165) is 31.5 Å². The largest absolute Gasteiger partial charge is 0.493 e. The summed E-state index contributed by atoms with van der Waals surface area (Å²) in [5.74, 6) is 0.989. The highest BCUT2D eigenvalue weighted by Gasteiger charge is 2.42. The summed E-state index contributed by atoms with van der Waals surface area (Å²) >= 11 is 0. The third-order valence-corrected chi connectivity index (χ3v) is 5.61. The number of para-hydroxylation sites is 1. The number of ether oxygens (including phenoxy) is 1. The summed E-state index contributed by atoms with van der Waals surface area (Å²) in [6, 6.07) is 5.05. The number of methoxy groups -OCH3 is 1. The average Bonchev–Trinajstić information content (AvgIpc) is 3.23. The first kappa shape index (κ1) is 16.5. The first-order valence-corrected chi connectivity index (χ1v) is 8.71. The van der Waals surface area contributed by atoms with Crippen LogP contribution in [-0.4, -0.2) is 51.1 Å². The van der Waals surface area contributed by atoms with Gasteiger partial charge in [0.15, 0.2) is 11.6 Å². The van der Waals surface area contributed by atoms with Crippen molar-refractivity contribution in [1.82, 2.24) is 19.7 Å². The van der Waals surface area contributed by atoms with Crippen LogP contribution in [0.25, 0.3) is 0 Å². The zero-order valence-corrected chi connectivity index (χ0v) is 14.3. The number of nitrogens with zero attached hydrogens (tertiary/aromatic N) is 4. The monoisotopic (exact) mass is 346 g/mol. The molecule has 1 aliphatic heterocycles. The molecule has 7 heteroatoms. The van der Waals surface area contributed by atoms with Gasteiger partial charge in [-0.1, -0.05) is 12.1 Å². The van der Waals surface area contributed by atoms with Crippen LogP contribution in [0.2, 0.25) is 0 Å². The fourth-order valence-corrected chi connectivity index (χ4v) is 4.45. The predicted octanol–water partition coefficient (Wildman–Crippen LogP) is 1.87. The number of aliphatic hydroxyl groups excluding tert-OH is 1. The summed E-state index contributed by atoms with van der Waals surface area (Å²) in [5, 5.41) is 14.7. The van der Waals surface area contributed by atoms with Gasteiger partial charge in [-0.25, -0.2) is 14.1 Å². The Morgan fingerprint density at radius 3 is 2.80 bits per heavy atom. The first-order chi connectivity index (χ1) is 12.2. The first-order valence-electron chi connectivity index (χ1n) is 8.71. The number of likely N-dealkylation sites (tertiary alicyclic amines) is 1. The van der Waals surface area contributed by atoms with E-state index in [9.17, 15) is 9.50 Å². The molecule has 4 rings (SSSR count). The second-order valence-corrected chi connectivity index (χ2v) is 7.13. The van der Waals surface area contributed by atoms with Crippen LogP contribution in [0.4, 0.5) is 4.39 Å². The van der Waals surface area contributed by atoms with E-state index in [1.54, 1.807) is 17.1 Å². The van der Waals surface area contributed by atoms with Gasteiger partial charge in [0.25, 0.3) is 0 Å². The lowest BCUT2D eigenvalue weighted by Gasteiger charge is -2.35. The van der Waals surface area contributed by atoms with Crippen LogP contribution in [0, 0.1) is 17.7 Å². The Kier molecular flexibility index (Phi) is 4.43. The van der Waals surface area contributed by atoms with Crippen molar-refractivity contribution in [2.24, 2.45) is 11.8 Å². The maximum Gasteiger partial charge on any atom is 0.165 e. The molecule has 2 heterocycles. The second-order valence-electron chi connectivity index (χ2n) is 7.13. The standard InChI is InChI=1S/C18H23FN4O2/c1-25-18-12(3-2-4-15(18)19)7-22-8-13-5-16(23-11-20-10-21-23)17(24)6-14(13)9-22/h2-4,10-11,13-14,16-17,24H,5-9H2,1H3/t13-,14+,16-,17-/m1/s1. The molecule has 6 nitrogen and oxygen atoms in total. The van der Waals surface area contributed by atoms with Crippen molar-refractivity contribution in [2.75, 3.05) is 20.2 Å². The van der Waals surface area contributed by atoms with Crippen LogP contribution >= 0.6 is 0 Å². The predicted molar refractivity (Wildman–Crippen MR) is 89.5 cm³/mol. The van der Waals surface area contributed by atoms with Crippen LogP contribution in [0.15, 0.2) is 30.9 Å². The van der Waals surface area contributed by atoms with Gasteiger partial charge in [-0.2, -0.15) is 5.10 Å². The molecule has 1 aliphatic carbocycles. The van der Waals surface area contributed by atoms with Gasteiger partial charge >= 0.3 is 0 Å². The van der Waals surface area contributed by atoms with Gasteiger partial charge in [-0.05, 0) is 30.7 Å². The third kappa shape index (κ3) is 3.14. The van der Waals surface area contributed by atoms with Crippen molar-refractivity contribution in [3.63, 3.8) is 0 Å². The highest BCUT2D eigenvalue weighted by Crippen LogP contribution is 2.41. The van der Waals surface area contributed by atoms with Gasteiger partial charge in [0.05, 0.1) is 19.3 Å². The lowest BCUT2D eigenvalue weighted by Crippen LogP contribution is -2.36.